The van der Waals surface area contributed by atoms with E-state index in [0.717, 1.165) is 38.5 Å². The number of methoxy groups -OCH3 is 1. The highest BCUT2D eigenvalue weighted by molar-refractivity contribution is 5.68. The molecule has 4 heteroatoms. The van der Waals surface area contributed by atoms with Gasteiger partial charge in [0.25, 0.3) is 0 Å². The van der Waals surface area contributed by atoms with Gasteiger partial charge in [-0.15, -0.1) is 0 Å². The fourth-order valence-electron chi connectivity index (χ4n) is 3.08. The van der Waals surface area contributed by atoms with Crippen molar-refractivity contribution >= 4 is 5.97 Å². The number of hydrogen-bond donors (Lipinski definition) is 0. The molecule has 0 aromatic heterocycles. The average molecular weight is 324 g/mol. The molecule has 0 radical (unpaired) electrons. The summed E-state index contributed by atoms with van der Waals surface area (Å²) in [7, 11) is 1.45. The first kappa shape index (κ1) is 18.5. The lowest BCUT2D eigenvalue weighted by molar-refractivity contribution is -0.140. The van der Waals surface area contributed by atoms with E-state index in [0.29, 0.717) is 30.8 Å². The van der Waals surface area contributed by atoms with Crippen molar-refractivity contribution in [3.8, 4) is 0 Å². The van der Waals surface area contributed by atoms with Gasteiger partial charge in [-0.3, -0.25) is 4.79 Å². The summed E-state index contributed by atoms with van der Waals surface area (Å²) in [6, 6.07) is 0. The molecule has 2 aliphatic rings. The normalized spacial score (nSPS) is 29.0. The Hall–Kier alpha value is -0.870. The molecule has 2 aliphatic heterocycles. The molecule has 2 heterocycles. The zero-order valence-corrected chi connectivity index (χ0v) is 14.7. The first-order chi connectivity index (χ1) is 11.2. The molecule has 4 unspecified atom stereocenters. The average Bonchev–Trinajstić information content (AvgIpc) is 3.47. The number of carbonyl (C=O) groups is 1. The van der Waals surface area contributed by atoms with Crippen molar-refractivity contribution in [3.63, 3.8) is 0 Å². The molecular weight excluding hydrogens is 292 g/mol. The maximum Gasteiger partial charge on any atom is 0.305 e. The lowest BCUT2D eigenvalue weighted by atomic mass is 10.1. The van der Waals surface area contributed by atoms with Crippen LogP contribution in [0.15, 0.2) is 12.2 Å². The quantitative estimate of drug-likeness (QED) is 0.221. The maximum absolute atomic E-state index is 10.9. The summed E-state index contributed by atoms with van der Waals surface area (Å²) in [6.07, 6.45) is 17.1. The fourth-order valence-corrected chi connectivity index (χ4v) is 3.08. The molecule has 2 rings (SSSR count). The third-order valence-corrected chi connectivity index (χ3v) is 4.76. The van der Waals surface area contributed by atoms with E-state index in [4.69, 9.17) is 9.47 Å². The van der Waals surface area contributed by atoms with Crippen LogP contribution in [0.1, 0.15) is 71.1 Å². The van der Waals surface area contributed by atoms with Crippen LogP contribution in [0, 0.1) is 0 Å². The van der Waals surface area contributed by atoms with E-state index < -0.39 is 0 Å². The molecule has 0 saturated carbocycles. The molecule has 0 N–H and O–H groups in total. The largest absolute Gasteiger partial charge is 0.469 e. The minimum Gasteiger partial charge on any atom is -0.469 e. The Labute approximate surface area is 140 Å². The van der Waals surface area contributed by atoms with Gasteiger partial charge in [-0.1, -0.05) is 38.3 Å². The number of epoxide rings is 2. The number of unbranched alkanes of at least 4 members (excludes halogenated alkanes) is 5. The lowest BCUT2D eigenvalue weighted by Crippen LogP contribution is -2.00. The third-order valence-electron chi connectivity index (χ3n) is 4.76. The van der Waals surface area contributed by atoms with Gasteiger partial charge in [-0.25, -0.2) is 0 Å². The molecule has 0 spiro atoms. The Morgan fingerprint density at radius 1 is 0.957 bits per heavy atom. The van der Waals surface area contributed by atoms with Crippen molar-refractivity contribution in [3.05, 3.63) is 12.2 Å². The van der Waals surface area contributed by atoms with Crippen LogP contribution in [0.2, 0.25) is 0 Å². The first-order valence-electron chi connectivity index (χ1n) is 9.27. The molecule has 132 valence electrons. The topological polar surface area (TPSA) is 51.4 Å². The number of carbonyl (C=O) groups excluding carboxylic acids is 1. The van der Waals surface area contributed by atoms with E-state index in [9.17, 15) is 4.79 Å². The van der Waals surface area contributed by atoms with E-state index in [-0.39, 0.29) is 5.97 Å². The van der Waals surface area contributed by atoms with Crippen LogP contribution >= 0.6 is 0 Å². The van der Waals surface area contributed by atoms with Crippen molar-refractivity contribution in [2.45, 2.75) is 95.5 Å². The van der Waals surface area contributed by atoms with Crippen molar-refractivity contribution in [1.82, 2.24) is 0 Å². The molecule has 2 saturated heterocycles. The Balaban J connectivity index is 1.34. The molecule has 0 aromatic rings. The summed E-state index contributed by atoms with van der Waals surface area (Å²) in [6.45, 7) is 2.18. The smallest absolute Gasteiger partial charge is 0.305 e. The van der Waals surface area contributed by atoms with Gasteiger partial charge in [-0.05, 0) is 32.1 Å². The molecule has 2 fully saturated rings. The molecule has 0 aliphatic carbocycles. The minimum absolute atomic E-state index is 0.0907. The SMILES string of the molecule is CCC1OC1CC1OC1C/C=C\CCCCCCCC(=O)OC. The summed E-state index contributed by atoms with van der Waals surface area (Å²) < 4.78 is 15.9. The van der Waals surface area contributed by atoms with Gasteiger partial charge in [0.15, 0.2) is 0 Å². The number of allylic oxidation sites excluding steroid dienone is 1. The van der Waals surface area contributed by atoms with Crippen molar-refractivity contribution in [2.24, 2.45) is 0 Å². The van der Waals surface area contributed by atoms with Crippen LogP contribution in [-0.2, 0) is 19.0 Å². The van der Waals surface area contributed by atoms with E-state index in [1.165, 1.54) is 26.4 Å². The van der Waals surface area contributed by atoms with E-state index in [1.807, 2.05) is 0 Å². The monoisotopic (exact) mass is 324 g/mol. The predicted octanol–water partition coefficient (Wildman–Crippen LogP) is 4.17. The van der Waals surface area contributed by atoms with Crippen molar-refractivity contribution in [1.29, 1.82) is 0 Å². The molecule has 4 atom stereocenters. The van der Waals surface area contributed by atoms with Gasteiger partial charge in [0.05, 0.1) is 31.5 Å². The Bertz CT molecular complexity index is 380. The highest BCUT2D eigenvalue weighted by Crippen LogP contribution is 2.37. The number of esters is 1. The molecule has 4 nitrogen and oxygen atoms in total. The minimum atomic E-state index is -0.0907. The summed E-state index contributed by atoms with van der Waals surface area (Å²) in [5.74, 6) is -0.0907. The molecule has 0 amide bonds. The van der Waals surface area contributed by atoms with Crippen LogP contribution in [0.4, 0.5) is 0 Å². The van der Waals surface area contributed by atoms with Gasteiger partial charge in [0, 0.05) is 12.8 Å². The molecule has 0 aromatic carbocycles. The summed E-state index contributed by atoms with van der Waals surface area (Å²) >= 11 is 0. The van der Waals surface area contributed by atoms with E-state index in [2.05, 4.69) is 23.8 Å². The molecule has 23 heavy (non-hydrogen) atoms. The Morgan fingerprint density at radius 2 is 1.65 bits per heavy atom. The Kier molecular flexibility index (Phi) is 8.10. The first-order valence-corrected chi connectivity index (χ1v) is 9.27. The van der Waals surface area contributed by atoms with Crippen LogP contribution in [0.25, 0.3) is 0 Å². The van der Waals surface area contributed by atoms with Gasteiger partial charge < -0.3 is 14.2 Å². The lowest BCUT2D eigenvalue weighted by Gasteiger charge is -2.00. The third kappa shape index (κ3) is 7.49. The predicted molar refractivity (Wildman–Crippen MR) is 90.3 cm³/mol. The standard InChI is InChI=1S/C19H32O4/c1-3-15-17(22-15)14-18-16(23-18)12-10-8-6-4-5-7-9-11-13-19(20)21-2/h8,10,15-18H,3-7,9,11-14H2,1-2H3/b10-8-. The van der Waals surface area contributed by atoms with Crippen LogP contribution < -0.4 is 0 Å². The van der Waals surface area contributed by atoms with Crippen LogP contribution in [0.5, 0.6) is 0 Å². The highest BCUT2D eigenvalue weighted by Gasteiger charge is 2.46. The highest BCUT2D eigenvalue weighted by atomic mass is 16.6. The maximum atomic E-state index is 10.9. The second kappa shape index (κ2) is 10.1. The summed E-state index contributed by atoms with van der Waals surface area (Å²) in [5.41, 5.74) is 0. The van der Waals surface area contributed by atoms with Gasteiger partial charge in [0.1, 0.15) is 0 Å². The molecule has 0 bridgehead atoms. The van der Waals surface area contributed by atoms with Gasteiger partial charge in [0.2, 0.25) is 0 Å². The number of rotatable bonds is 13. The zero-order chi connectivity index (χ0) is 16.5. The fraction of sp³-hybridized carbons (Fsp3) is 0.842. The van der Waals surface area contributed by atoms with E-state index in [1.54, 1.807) is 0 Å². The second-order valence-corrected chi connectivity index (χ2v) is 6.66. The van der Waals surface area contributed by atoms with Crippen molar-refractivity contribution in [2.75, 3.05) is 7.11 Å². The van der Waals surface area contributed by atoms with Crippen LogP contribution in [-0.4, -0.2) is 37.5 Å². The van der Waals surface area contributed by atoms with E-state index >= 15 is 0 Å². The van der Waals surface area contributed by atoms with Gasteiger partial charge >= 0.3 is 5.97 Å². The van der Waals surface area contributed by atoms with Crippen molar-refractivity contribution < 1.29 is 19.0 Å². The van der Waals surface area contributed by atoms with Gasteiger partial charge in [-0.2, -0.15) is 0 Å². The number of ether oxygens (including phenoxy) is 3. The Morgan fingerprint density at radius 3 is 2.39 bits per heavy atom. The zero-order valence-electron chi connectivity index (χ0n) is 14.7. The second-order valence-electron chi connectivity index (χ2n) is 6.66. The summed E-state index contributed by atoms with van der Waals surface area (Å²) in [4.78, 5) is 10.9. The summed E-state index contributed by atoms with van der Waals surface area (Å²) in [5, 5.41) is 0. The molecular formula is C19H32O4. The van der Waals surface area contributed by atoms with Crippen LogP contribution in [0.3, 0.4) is 0 Å². The number of hydrogen-bond acceptors (Lipinski definition) is 4.